The van der Waals surface area contributed by atoms with E-state index in [0.29, 0.717) is 12.2 Å². The van der Waals surface area contributed by atoms with Crippen LogP contribution in [0.3, 0.4) is 0 Å². The topological polar surface area (TPSA) is 67.2 Å². The van der Waals surface area contributed by atoms with Crippen LogP contribution in [0.4, 0.5) is 4.39 Å². The van der Waals surface area contributed by atoms with E-state index in [4.69, 9.17) is 4.74 Å². The lowest BCUT2D eigenvalue weighted by Gasteiger charge is -2.08. The monoisotopic (exact) mass is 297 g/mol. The summed E-state index contributed by atoms with van der Waals surface area (Å²) in [4.78, 5) is 0. The highest BCUT2D eigenvalue weighted by Gasteiger charge is 2.71. The minimum absolute atomic E-state index is 0.0692. The molecule has 0 bridgehead atoms. The Morgan fingerprint density at radius 2 is 2.00 bits per heavy atom. The summed E-state index contributed by atoms with van der Waals surface area (Å²) >= 11 is 0. The molecule has 20 heavy (non-hydrogen) atoms. The van der Waals surface area contributed by atoms with Crippen molar-refractivity contribution in [3.8, 4) is 6.07 Å². The van der Waals surface area contributed by atoms with Gasteiger partial charge in [0.25, 0.3) is 0 Å². The SMILES string of the molecule is CCOC[C@]1(C#N)[C@@H](c2ccc(F)cc2)[C@@H]1S(C)(=O)=O. The summed E-state index contributed by atoms with van der Waals surface area (Å²) in [6.07, 6.45) is 1.12. The molecular weight excluding hydrogens is 281 g/mol. The Morgan fingerprint density at radius 3 is 2.45 bits per heavy atom. The van der Waals surface area contributed by atoms with Gasteiger partial charge in [-0.2, -0.15) is 5.26 Å². The summed E-state index contributed by atoms with van der Waals surface area (Å²) in [6.45, 7) is 2.27. The van der Waals surface area contributed by atoms with Crippen LogP contribution < -0.4 is 0 Å². The average molecular weight is 297 g/mol. The van der Waals surface area contributed by atoms with Gasteiger partial charge >= 0.3 is 0 Å². The van der Waals surface area contributed by atoms with Crippen LogP contribution in [0.5, 0.6) is 0 Å². The van der Waals surface area contributed by atoms with Crippen LogP contribution in [0, 0.1) is 22.6 Å². The third-order valence-electron chi connectivity index (χ3n) is 3.70. The molecule has 4 nitrogen and oxygen atoms in total. The zero-order valence-corrected chi connectivity index (χ0v) is 12.2. The smallest absolute Gasteiger partial charge is 0.152 e. The van der Waals surface area contributed by atoms with E-state index < -0.39 is 32.2 Å². The van der Waals surface area contributed by atoms with Crippen molar-refractivity contribution in [3.63, 3.8) is 0 Å². The Bertz CT molecular complexity index is 635. The molecule has 0 aliphatic heterocycles. The first-order valence-corrected chi connectivity index (χ1v) is 8.25. The minimum atomic E-state index is -3.38. The first-order chi connectivity index (χ1) is 9.36. The molecule has 1 aromatic rings. The lowest BCUT2D eigenvalue weighted by molar-refractivity contribution is 0.117. The third kappa shape index (κ3) is 2.43. The predicted molar refractivity (Wildman–Crippen MR) is 72.3 cm³/mol. The molecule has 1 aliphatic rings. The van der Waals surface area contributed by atoms with E-state index in [1.165, 1.54) is 24.3 Å². The zero-order chi connectivity index (χ0) is 15.0. The molecule has 3 atom stereocenters. The van der Waals surface area contributed by atoms with Crippen molar-refractivity contribution >= 4 is 9.84 Å². The van der Waals surface area contributed by atoms with Gasteiger partial charge in [0.05, 0.1) is 17.9 Å². The third-order valence-corrected chi connectivity index (χ3v) is 5.32. The number of hydrogen-bond donors (Lipinski definition) is 0. The number of benzene rings is 1. The Labute approximate surface area is 118 Å². The van der Waals surface area contributed by atoms with E-state index in [1.807, 2.05) is 0 Å². The predicted octanol–water partition coefficient (Wildman–Crippen LogP) is 1.88. The summed E-state index contributed by atoms with van der Waals surface area (Å²) < 4.78 is 42.1. The van der Waals surface area contributed by atoms with Crippen LogP contribution in [0.1, 0.15) is 18.4 Å². The molecule has 0 aromatic heterocycles. The van der Waals surface area contributed by atoms with Gasteiger partial charge in [0.1, 0.15) is 11.2 Å². The van der Waals surface area contributed by atoms with Gasteiger partial charge in [0, 0.05) is 18.8 Å². The molecule has 0 N–H and O–H groups in total. The Morgan fingerprint density at radius 1 is 1.40 bits per heavy atom. The summed E-state index contributed by atoms with van der Waals surface area (Å²) in [6, 6.07) is 7.72. The second kappa shape index (κ2) is 5.15. The molecular formula is C14H16FNO3S. The molecule has 6 heteroatoms. The summed E-state index contributed by atoms with van der Waals surface area (Å²) in [5.74, 6) is -0.854. The standard InChI is InChI=1S/C14H16FNO3S/c1-3-19-9-14(8-16)12(13(14)20(2,17)18)10-4-6-11(15)7-5-10/h4-7,12-13H,3,9H2,1-2H3/t12-,13-,14+/m0/s1. The van der Waals surface area contributed by atoms with Gasteiger partial charge in [-0.25, -0.2) is 12.8 Å². The second-order valence-electron chi connectivity index (χ2n) is 5.07. The maximum Gasteiger partial charge on any atom is 0.152 e. The van der Waals surface area contributed by atoms with Crippen molar-refractivity contribution in [1.82, 2.24) is 0 Å². The van der Waals surface area contributed by atoms with Gasteiger partial charge in [-0.1, -0.05) is 12.1 Å². The number of rotatable bonds is 5. The van der Waals surface area contributed by atoms with Gasteiger partial charge in [-0.05, 0) is 24.6 Å². The number of ether oxygens (including phenoxy) is 1. The molecule has 0 heterocycles. The molecule has 0 spiro atoms. The molecule has 1 aromatic carbocycles. The lowest BCUT2D eigenvalue weighted by Crippen LogP contribution is -2.18. The highest BCUT2D eigenvalue weighted by Crippen LogP contribution is 2.62. The molecule has 0 unspecified atom stereocenters. The fourth-order valence-corrected chi connectivity index (χ4v) is 4.63. The van der Waals surface area contributed by atoms with E-state index in [2.05, 4.69) is 6.07 Å². The Hall–Kier alpha value is -1.45. The highest BCUT2D eigenvalue weighted by atomic mass is 32.2. The van der Waals surface area contributed by atoms with Crippen LogP contribution in [0.2, 0.25) is 0 Å². The maximum atomic E-state index is 13.0. The number of hydrogen-bond acceptors (Lipinski definition) is 4. The average Bonchev–Trinajstić information content (AvgIpc) is 3.07. The number of sulfone groups is 1. The number of nitriles is 1. The number of nitrogens with zero attached hydrogens (tertiary/aromatic N) is 1. The molecule has 1 fully saturated rings. The second-order valence-corrected chi connectivity index (χ2v) is 7.24. The quantitative estimate of drug-likeness (QED) is 0.832. The first kappa shape index (κ1) is 14.9. The minimum Gasteiger partial charge on any atom is -0.380 e. The summed E-state index contributed by atoms with van der Waals surface area (Å²) in [5.41, 5.74) is -0.412. The fraction of sp³-hybridized carbons (Fsp3) is 0.500. The van der Waals surface area contributed by atoms with Crippen molar-refractivity contribution in [2.24, 2.45) is 5.41 Å². The molecule has 0 saturated heterocycles. The van der Waals surface area contributed by atoms with E-state index >= 15 is 0 Å². The van der Waals surface area contributed by atoms with Crippen LogP contribution in [-0.4, -0.2) is 33.1 Å². The molecule has 0 radical (unpaired) electrons. The van der Waals surface area contributed by atoms with Crippen LogP contribution in [-0.2, 0) is 14.6 Å². The molecule has 108 valence electrons. The van der Waals surface area contributed by atoms with Crippen LogP contribution in [0.25, 0.3) is 0 Å². The van der Waals surface area contributed by atoms with Gasteiger partial charge in [0.2, 0.25) is 0 Å². The molecule has 1 aliphatic carbocycles. The summed E-state index contributed by atoms with van der Waals surface area (Å²) in [5, 5.41) is 8.64. The first-order valence-electron chi connectivity index (χ1n) is 6.30. The lowest BCUT2D eigenvalue weighted by atomic mass is 10.0. The van der Waals surface area contributed by atoms with E-state index in [9.17, 15) is 18.1 Å². The highest BCUT2D eigenvalue weighted by molar-refractivity contribution is 7.91. The number of halogens is 1. The largest absolute Gasteiger partial charge is 0.380 e. The fourth-order valence-electron chi connectivity index (χ4n) is 2.78. The van der Waals surface area contributed by atoms with Gasteiger partial charge in [-0.3, -0.25) is 0 Å². The van der Waals surface area contributed by atoms with Crippen LogP contribution >= 0.6 is 0 Å². The Balaban J connectivity index is 2.40. The van der Waals surface area contributed by atoms with Crippen molar-refractivity contribution in [3.05, 3.63) is 35.6 Å². The van der Waals surface area contributed by atoms with Gasteiger partial charge < -0.3 is 4.74 Å². The molecule has 1 saturated carbocycles. The van der Waals surface area contributed by atoms with Crippen molar-refractivity contribution in [1.29, 1.82) is 5.26 Å². The maximum absolute atomic E-state index is 13.0. The van der Waals surface area contributed by atoms with Crippen LogP contribution in [0.15, 0.2) is 24.3 Å². The molecule has 2 rings (SSSR count). The van der Waals surface area contributed by atoms with E-state index in [0.717, 1.165) is 6.26 Å². The Kier molecular flexibility index (Phi) is 3.85. The molecule has 0 amide bonds. The van der Waals surface area contributed by atoms with Crippen molar-refractivity contribution < 1.29 is 17.5 Å². The normalized spacial score (nSPS) is 28.9. The van der Waals surface area contributed by atoms with E-state index in [-0.39, 0.29) is 6.61 Å². The van der Waals surface area contributed by atoms with Crippen molar-refractivity contribution in [2.75, 3.05) is 19.5 Å². The van der Waals surface area contributed by atoms with Gasteiger partial charge in [-0.15, -0.1) is 0 Å². The van der Waals surface area contributed by atoms with Crippen molar-refractivity contribution in [2.45, 2.75) is 18.1 Å². The van der Waals surface area contributed by atoms with Gasteiger partial charge in [0.15, 0.2) is 9.84 Å². The zero-order valence-electron chi connectivity index (χ0n) is 11.3. The summed E-state index contributed by atoms with van der Waals surface area (Å²) in [7, 11) is -3.38. The van der Waals surface area contributed by atoms with E-state index in [1.54, 1.807) is 6.92 Å².